The first-order chi connectivity index (χ1) is 11.6. The number of thioether (sulfide) groups is 1. The maximum absolute atomic E-state index is 13.3. The Labute approximate surface area is 144 Å². The van der Waals surface area contributed by atoms with Crippen LogP contribution in [0.15, 0.2) is 41.8 Å². The van der Waals surface area contributed by atoms with Gasteiger partial charge in [0.2, 0.25) is 0 Å². The second-order valence-corrected chi connectivity index (χ2v) is 5.87. The largest absolute Gasteiger partial charge is 0.476 e. The van der Waals surface area contributed by atoms with Crippen LogP contribution in [0.2, 0.25) is 5.02 Å². The van der Waals surface area contributed by atoms with Crippen LogP contribution in [0.1, 0.15) is 16.2 Å². The molecule has 0 radical (unpaired) electrons. The Hall–Kier alpha value is -2.52. The van der Waals surface area contributed by atoms with Gasteiger partial charge in [0.25, 0.3) is 0 Å². The van der Waals surface area contributed by atoms with Crippen molar-refractivity contribution in [2.45, 2.75) is 10.9 Å². The van der Waals surface area contributed by atoms with Gasteiger partial charge in [-0.3, -0.25) is 0 Å². The summed E-state index contributed by atoms with van der Waals surface area (Å²) < 4.78 is 14.6. The van der Waals surface area contributed by atoms with Crippen molar-refractivity contribution in [3.8, 4) is 5.69 Å². The van der Waals surface area contributed by atoms with E-state index in [4.69, 9.17) is 11.6 Å². The van der Waals surface area contributed by atoms with Crippen LogP contribution in [0, 0.1) is 5.82 Å². The van der Waals surface area contributed by atoms with Crippen molar-refractivity contribution in [3.05, 3.63) is 58.9 Å². The van der Waals surface area contributed by atoms with Gasteiger partial charge in [-0.1, -0.05) is 28.6 Å². The summed E-state index contributed by atoms with van der Waals surface area (Å²) in [6.45, 7) is 0. The Balaban J connectivity index is 1.97. The van der Waals surface area contributed by atoms with Crippen LogP contribution in [0.3, 0.4) is 0 Å². The van der Waals surface area contributed by atoms with Crippen LogP contribution >= 0.6 is 23.4 Å². The predicted octanol–water partition coefficient (Wildman–Crippen LogP) is 2.84. The number of benzene rings is 1. The number of carboxylic acids is 1. The molecule has 24 heavy (non-hydrogen) atoms. The molecule has 7 nitrogen and oxygen atoms in total. The van der Waals surface area contributed by atoms with E-state index >= 15 is 0 Å². The van der Waals surface area contributed by atoms with E-state index in [-0.39, 0.29) is 16.5 Å². The van der Waals surface area contributed by atoms with Crippen molar-refractivity contribution in [2.24, 2.45) is 0 Å². The Morgan fingerprint density at radius 2 is 2.08 bits per heavy atom. The van der Waals surface area contributed by atoms with Crippen LogP contribution in [0.4, 0.5) is 4.39 Å². The summed E-state index contributed by atoms with van der Waals surface area (Å²) in [5.41, 5.74) is 0.535. The second-order valence-electron chi connectivity index (χ2n) is 4.52. The highest BCUT2D eigenvalue weighted by atomic mass is 35.5. The molecule has 122 valence electrons. The van der Waals surface area contributed by atoms with Crippen molar-refractivity contribution in [1.82, 2.24) is 25.0 Å². The molecule has 0 aliphatic carbocycles. The Morgan fingerprint density at radius 3 is 2.75 bits per heavy atom. The number of aromatic nitrogens is 5. The molecule has 0 saturated heterocycles. The standard InChI is InChI=1S/C14H9ClFN5O2S/c15-9-6-8(2-3-10(9)16)21-11(12(13(22)23)19-20-21)7-24-14-17-4-1-5-18-14/h1-6H,7H2,(H,22,23). The molecule has 0 amide bonds. The van der Waals surface area contributed by atoms with Gasteiger partial charge in [0, 0.05) is 18.1 Å². The van der Waals surface area contributed by atoms with Crippen LogP contribution in [-0.2, 0) is 5.75 Å². The number of carboxylic acid groups (broad SMARTS) is 1. The van der Waals surface area contributed by atoms with Gasteiger partial charge < -0.3 is 5.11 Å². The summed E-state index contributed by atoms with van der Waals surface area (Å²) in [6.07, 6.45) is 3.17. The maximum atomic E-state index is 13.3. The van der Waals surface area contributed by atoms with Crippen LogP contribution < -0.4 is 0 Å². The summed E-state index contributed by atoms with van der Waals surface area (Å²) in [5, 5.41) is 17.2. The lowest BCUT2D eigenvalue weighted by molar-refractivity contribution is 0.0689. The van der Waals surface area contributed by atoms with E-state index in [9.17, 15) is 14.3 Å². The Morgan fingerprint density at radius 1 is 1.33 bits per heavy atom. The molecular formula is C14H9ClFN5O2S. The van der Waals surface area contributed by atoms with Crippen LogP contribution in [0.5, 0.6) is 0 Å². The first kappa shape index (κ1) is 16.3. The van der Waals surface area contributed by atoms with Gasteiger partial charge >= 0.3 is 5.97 Å². The number of rotatable bonds is 5. The zero-order valence-electron chi connectivity index (χ0n) is 11.9. The molecule has 0 aliphatic rings. The molecule has 10 heteroatoms. The highest BCUT2D eigenvalue weighted by molar-refractivity contribution is 7.98. The summed E-state index contributed by atoms with van der Waals surface area (Å²) in [7, 11) is 0. The summed E-state index contributed by atoms with van der Waals surface area (Å²) in [4.78, 5) is 19.5. The van der Waals surface area contributed by atoms with Crippen LogP contribution in [0.25, 0.3) is 5.69 Å². The number of aromatic carboxylic acids is 1. The minimum atomic E-state index is -1.21. The predicted molar refractivity (Wildman–Crippen MR) is 84.9 cm³/mol. The molecule has 0 saturated carbocycles. The lowest BCUT2D eigenvalue weighted by Crippen LogP contribution is -2.06. The van der Waals surface area contributed by atoms with Gasteiger partial charge in [-0.25, -0.2) is 23.8 Å². The third-order valence-corrected chi connectivity index (χ3v) is 4.17. The van der Waals surface area contributed by atoms with Crippen molar-refractivity contribution in [1.29, 1.82) is 0 Å². The maximum Gasteiger partial charge on any atom is 0.358 e. The zero-order valence-corrected chi connectivity index (χ0v) is 13.5. The van der Waals surface area contributed by atoms with Gasteiger partial charge in [0.1, 0.15) is 5.82 Å². The molecule has 0 fully saturated rings. The van der Waals surface area contributed by atoms with Gasteiger partial charge in [-0.15, -0.1) is 5.10 Å². The molecule has 2 aromatic heterocycles. The summed E-state index contributed by atoms with van der Waals surface area (Å²) >= 11 is 7.01. The fraction of sp³-hybridized carbons (Fsp3) is 0.0714. The topological polar surface area (TPSA) is 93.8 Å². The highest BCUT2D eigenvalue weighted by Crippen LogP contribution is 2.24. The lowest BCUT2D eigenvalue weighted by atomic mass is 10.3. The minimum Gasteiger partial charge on any atom is -0.476 e. The molecular weight excluding hydrogens is 357 g/mol. The molecule has 0 aliphatic heterocycles. The van der Waals surface area contributed by atoms with E-state index in [1.807, 2.05) is 0 Å². The normalized spacial score (nSPS) is 10.8. The molecule has 3 rings (SSSR count). The fourth-order valence-corrected chi connectivity index (χ4v) is 2.88. The van der Waals surface area contributed by atoms with Gasteiger partial charge in [-0.05, 0) is 24.3 Å². The summed E-state index contributed by atoms with van der Waals surface area (Å²) in [6, 6.07) is 5.65. The van der Waals surface area contributed by atoms with Crippen molar-refractivity contribution < 1.29 is 14.3 Å². The number of hydrogen-bond donors (Lipinski definition) is 1. The van der Waals surface area contributed by atoms with E-state index in [0.29, 0.717) is 16.5 Å². The molecule has 1 aromatic carbocycles. The molecule has 0 unspecified atom stereocenters. The Bertz CT molecular complexity index is 890. The number of nitrogens with zero attached hydrogens (tertiary/aromatic N) is 5. The van der Waals surface area contributed by atoms with E-state index in [1.165, 1.54) is 34.6 Å². The van der Waals surface area contributed by atoms with E-state index in [0.717, 1.165) is 0 Å². The van der Waals surface area contributed by atoms with Gasteiger partial charge in [0.05, 0.1) is 16.4 Å². The summed E-state index contributed by atoms with van der Waals surface area (Å²) in [5.74, 6) is -1.57. The third-order valence-electron chi connectivity index (χ3n) is 2.99. The lowest BCUT2D eigenvalue weighted by Gasteiger charge is -2.07. The molecule has 2 heterocycles. The van der Waals surface area contributed by atoms with Crippen molar-refractivity contribution >= 4 is 29.3 Å². The van der Waals surface area contributed by atoms with Crippen molar-refractivity contribution in [3.63, 3.8) is 0 Å². The van der Waals surface area contributed by atoms with Gasteiger partial charge in [0.15, 0.2) is 10.9 Å². The molecule has 0 spiro atoms. The third kappa shape index (κ3) is 3.36. The van der Waals surface area contributed by atoms with E-state index in [2.05, 4.69) is 20.3 Å². The quantitative estimate of drug-likeness (QED) is 0.548. The minimum absolute atomic E-state index is 0.0927. The number of hydrogen-bond acceptors (Lipinski definition) is 6. The smallest absolute Gasteiger partial charge is 0.358 e. The van der Waals surface area contributed by atoms with Crippen molar-refractivity contribution in [2.75, 3.05) is 0 Å². The molecule has 0 atom stereocenters. The average Bonchev–Trinajstić information content (AvgIpc) is 3.00. The monoisotopic (exact) mass is 365 g/mol. The fourth-order valence-electron chi connectivity index (χ4n) is 1.91. The Kier molecular flexibility index (Phi) is 4.72. The number of carbonyl (C=O) groups is 1. The van der Waals surface area contributed by atoms with Crippen LogP contribution in [-0.4, -0.2) is 36.0 Å². The molecule has 0 bridgehead atoms. The van der Waals surface area contributed by atoms with Gasteiger partial charge in [-0.2, -0.15) is 0 Å². The highest BCUT2D eigenvalue weighted by Gasteiger charge is 2.21. The molecule has 1 N–H and O–H groups in total. The molecule has 3 aromatic rings. The first-order valence-corrected chi connectivity index (χ1v) is 7.95. The van der Waals surface area contributed by atoms with E-state index < -0.39 is 11.8 Å². The zero-order chi connectivity index (χ0) is 17.1. The van der Waals surface area contributed by atoms with E-state index in [1.54, 1.807) is 18.5 Å². The average molecular weight is 366 g/mol. The number of halogens is 2. The second kappa shape index (κ2) is 6.93. The SMILES string of the molecule is O=C(O)c1nnn(-c2ccc(F)c(Cl)c2)c1CSc1ncccn1. The first-order valence-electron chi connectivity index (χ1n) is 6.59.